The zero-order chi connectivity index (χ0) is 18.4. The van der Waals surface area contributed by atoms with Crippen molar-refractivity contribution in [1.29, 1.82) is 0 Å². The predicted octanol–water partition coefficient (Wildman–Crippen LogP) is 4.78. The summed E-state index contributed by atoms with van der Waals surface area (Å²) in [6, 6.07) is 13.6. The summed E-state index contributed by atoms with van der Waals surface area (Å²) in [4.78, 5) is 0. The fourth-order valence-corrected chi connectivity index (χ4v) is 7.61. The summed E-state index contributed by atoms with van der Waals surface area (Å²) in [6.45, 7) is 3.42. The van der Waals surface area contributed by atoms with Crippen molar-refractivity contribution in [2.75, 3.05) is 18.9 Å². The maximum atomic E-state index is 10.9. The van der Waals surface area contributed by atoms with Crippen LogP contribution in [0.5, 0.6) is 5.75 Å². The lowest BCUT2D eigenvalue weighted by Crippen LogP contribution is -2.49. The first-order valence-corrected chi connectivity index (χ1v) is 10.6. The van der Waals surface area contributed by atoms with Gasteiger partial charge in [0.05, 0.1) is 24.7 Å². The molecule has 0 aromatic heterocycles. The molecule has 27 heavy (non-hydrogen) atoms. The second-order valence-corrected chi connectivity index (χ2v) is 9.69. The van der Waals surface area contributed by atoms with Gasteiger partial charge in [0.1, 0.15) is 11.8 Å². The first-order chi connectivity index (χ1) is 13.0. The van der Waals surface area contributed by atoms with Gasteiger partial charge in [0, 0.05) is 24.9 Å². The molecule has 2 aliphatic carbocycles. The third kappa shape index (κ3) is 1.73. The SMILES string of the molecule is Cc1ccc(Nc2cc3c(cc2O)C24CCCCC25C(C3)[N+]5(C)CC4)cc1. The summed E-state index contributed by atoms with van der Waals surface area (Å²) in [7, 11) is 2.51. The van der Waals surface area contributed by atoms with Crippen LogP contribution in [0.3, 0.4) is 0 Å². The molecule has 140 valence electrons. The molecule has 6 rings (SSSR count). The van der Waals surface area contributed by atoms with Gasteiger partial charge in [0.15, 0.2) is 5.54 Å². The van der Waals surface area contributed by atoms with Crippen LogP contribution in [0.1, 0.15) is 48.8 Å². The summed E-state index contributed by atoms with van der Waals surface area (Å²) >= 11 is 0. The maximum absolute atomic E-state index is 10.9. The van der Waals surface area contributed by atoms with Crippen LogP contribution in [-0.4, -0.2) is 34.8 Å². The maximum Gasteiger partial charge on any atom is 0.162 e. The number of rotatable bonds is 2. The van der Waals surface area contributed by atoms with Gasteiger partial charge in [0.25, 0.3) is 0 Å². The Hall–Kier alpha value is -2.00. The molecule has 0 bridgehead atoms. The zero-order valence-electron chi connectivity index (χ0n) is 16.4. The molecule has 3 fully saturated rings. The van der Waals surface area contributed by atoms with E-state index in [1.807, 2.05) is 0 Å². The topological polar surface area (TPSA) is 32.3 Å². The van der Waals surface area contributed by atoms with Crippen molar-refractivity contribution >= 4 is 11.4 Å². The lowest BCUT2D eigenvalue weighted by molar-refractivity contribution is -0.811. The largest absolute Gasteiger partial charge is 0.506 e. The highest BCUT2D eigenvalue weighted by Gasteiger charge is 2.89. The van der Waals surface area contributed by atoms with E-state index in [2.05, 4.69) is 55.7 Å². The summed E-state index contributed by atoms with van der Waals surface area (Å²) in [5, 5.41) is 14.3. The lowest BCUT2D eigenvalue weighted by atomic mass is 9.56. The number of quaternary nitrogens is 1. The van der Waals surface area contributed by atoms with Crippen LogP contribution in [0.4, 0.5) is 11.4 Å². The highest BCUT2D eigenvalue weighted by Crippen LogP contribution is 2.74. The number of nitrogens with one attached hydrogen (secondary N) is 1. The van der Waals surface area contributed by atoms with Crippen LogP contribution in [0.2, 0.25) is 0 Å². The van der Waals surface area contributed by atoms with Crippen molar-refractivity contribution in [3.05, 3.63) is 53.1 Å². The van der Waals surface area contributed by atoms with Gasteiger partial charge in [-0.05, 0) is 55.2 Å². The molecule has 2 aromatic rings. The number of aromatic hydroxyl groups is 1. The quantitative estimate of drug-likeness (QED) is 0.458. The molecule has 4 unspecified atom stereocenters. The van der Waals surface area contributed by atoms with Gasteiger partial charge >= 0.3 is 0 Å². The molecular formula is C24H29N2O+. The fraction of sp³-hybridized carbons (Fsp3) is 0.500. The molecule has 0 radical (unpaired) electrons. The van der Waals surface area contributed by atoms with Crippen LogP contribution < -0.4 is 5.32 Å². The number of anilines is 2. The van der Waals surface area contributed by atoms with E-state index in [-0.39, 0.29) is 0 Å². The number of likely N-dealkylation sites (N-methyl/N-ethyl adjacent to an activating group) is 1. The van der Waals surface area contributed by atoms with E-state index in [1.165, 1.54) is 66.2 Å². The third-order valence-electron chi connectivity index (χ3n) is 8.81. The van der Waals surface area contributed by atoms with Crippen molar-refractivity contribution in [1.82, 2.24) is 0 Å². The number of nitrogens with zero attached hydrogens (tertiary/aromatic N) is 1. The van der Waals surface area contributed by atoms with Gasteiger partial charge < -0.3 is 14.9 Å². The minimum absolute atomic E-state index is 0.318. The molecule has 2 N–H and O–H groups in total. The van der Waals surface area contributed by atoms with Crippen LogP contribution in [0.15, 0.2) is 36.4 Å². The summed E-state index contributed by atoms with van der Waals surface area (Å²) in [6.07, 6.45) is 7.92. The van der Waals surface area contributed by atoms with E-state index in [0.29, 0.717) is 16.7 Å². The van der Waals surface area contributed by atoms with Crippen molar-refractivity contribution in [2.24, 2.45) is 0 Å². The molecule has 3 heteroatoms. The van der Waals surface area contributed by atoms with Crippen LogP contribution in [-0.2, 0) is 11.8 Å². The second kappa shape index (κ2) is 4.88. The summed E-state index contributed by atoms with van der Waals surface area (Å²) in [5.74, 6) is 0.407. The van der Waals surface area contributed by atoms with Gasteiger partial charge in [0.2, 0.25) is 0 Å². The highest BCUT2D eigenvalue weighted by atomic mass is 16.3. The normalized spacial score (nSPS) is 37.9. The van der Waals surface area contributed by atoms with Crippen LogP contribution in [0, 0.1) is 6.92 Å². The predicted molar refractivity (Wildman–Crippen MR) is 109 cm³/mol. The van der Waals surface area contributed by atoms with Crippen molar-refractivity contribution in [2.45, 2.75) is 62.4 Å². The Kier molecular flexibility index (Phi) is 2.89. The Balaban J connectivity index is 1.44. The Morgan fingerprint density at radius 2 is 1.85 bits per heavy atom. The van der Waals surface area contributed by atoms with Gasteiger partial charge in [-0.15, -0.1) is 0 Å². The Labute approximate surface area is 161 Å². The average Bonchev–Trinajstić information content (AvgIpc) is 3.03. The molecule has 1 saturated carbocycles. The molecule has 2 aromatic carbocycles. The summed E-state index contributed by atoms with van der Waals surface area (Å²) in [5.41, 5.74) is 6.89. The Morgan fingerprint density at radius 1 is 1.07 bits per heavy atom. The van der Waals surface area contributed by atoms with Gasteiger partial charge in [-0.25, -0.2) is 0 Å². The molecule has 2 saturated heterocycles. The van der Waals surface area contributed by atoms with E-state index in [4.69, 9.17) is 0 Å². The zero-order valence-corrected chi connectivity index (χ0v) is 16.4. The first-order valence-electron chi connectivity index (χ1n) is 10.6. The van der Waals surface area contributed by atoms with E-state index in [1.54, 1.807) is 0 Å². The third-order valence-corrected chi connectivity index (χ3v) is 8.81. The van der Waals surface area contributed by atoms with E-state index < -0.39 is 0 Å². The van der Waals surface area contributed by atoms with Crippen molar-refractivity contribution < 1.29 is 9.59 Å². The standard InChI is InChI=1S/C24H28N2O/c1-16-5-7-18(8-6-16)25-20-13-17-14-22-24-10-4-3-9-23(24,11-12-26(22,24)2)19(17)15-21(20)27/h5-8,13,15,22,25H,3-4,9-12,14H2,1-2H3/p+1. The molecule has 1 spiro atoms. The number of fused-ring (bicyclic) bond motifs is 2. The Bertz CT molecular complexity index is 948. The van der Waals surface area contributed by atoms with E-state index in [0.717, 1.165) is 17.4 Å². The number of phenols is 1. The number of piperidine rings is 1. The molecule has 4 atom stereocenters. The molecule has 2 heterocycles. The lowest BCUT2D eigenvalue weighted by Gasteiger charge is -2.42. The molecule has 2 aliphatic heterocycles. The molecule has 3 nitrogen and oxygen atoms in total. The van der Waals surface area contributed by atoms with Gasteiger partial charge in [-0.2, -0.15) is 0 Å². The van der Waals surface area contributed by atoms with Gasteiger partial charge in [-0.1, -0.05) is 24.1 Å². The van der Waals surface area contributed by atoms with Crippen LogP contribution in [0.25, 0.3) is 0 Å². The highest BCUT2D eigenvalue weighted by molar-refractivity contribution is 5.69. The number of phenolic OH excluding ortho intramolecular Hbond substituents is 1. The van der Waals surface area contributed by atoms with Crippen LogP contribution >= 0.6 is 0 Å². The Morgan fingerprint density at radius 3 is 2.67 bits per heavy atom. The molecule has 4 aliphatic rings. The smallest absolute Gasteiger partial charge is 0.162 e. The number of hydrogen-bond donors (Lipinski definition) is 2. The molecule has 0 amide bonds. The van der Waals surface area contributed by atoms with Crippen molar-refractivity contribution in [3.63, 3.8) is 0 Å². The number of aryl methyl sites for hydroxylation is 1. The first kappa shape index (κ1) is 16.0. The van der Waals surface area contributed by atoms with Crippen molar-refractivity contribution in [3.8, 4) is 5.75 Å². The number of hydrogen-bond acceptors (Lipinski definition) is 2. The number of benzene rings is 2. The average molecular weight is 362 g/mol. The monoisotopic (exact) mass is 361 g/mol. The minimum Gasteiger partial charge on any atom is -0.506 e. The second-order valence-electron chi connectivity index (χ2n) is 9.69. The van der Waals surface area contributed by atoms with E-state index >= 15 is 0 Å². The minimum atomic E-state index is 0.318. The van der Waals surface area contributed by atoms with E-state index in [9.17, 15) is 5.11 Å². The fourth-order valence-electron chi connectivity index (χ4n) is 7.61. The van der Waals surface area contributed by atoms with Gasteiger partial charge in [-0.3, -0.25) is 0 Å². The summed E-state index contributed by atoms with van der Waals surface area (Å²) < 4.78 is 1.29. The molecular weight excluding hydrogens is 332 g/mol.